The van der Waals surface area contributed by atoms with E-state index in [1.165, 1.54) is 0 Å². The Hall–Kier alpha value is -2.63. The van der Waals surface area contributed by atoms with E-state index in [1.54, 1.807) is 0 Å². The van der Waals surface area contributed by atoms with Crippen molar-refractivity contribution in [3.8, 4) is 0 Å². The van der Waals surface area contributed by atoms with Crippen LogP contribution in [-0.2, 0) is 17.8 Å². The van der Waals surface area contributed by atoms with Gasteiger partial charge in [0.2, 0.25) is 5.91 Å². The van der Waals surface area contributed by atoms with Crippen molar-refractivity contribution in [2.75, 3.05) is 6.54 Å². The van der Waals surface area contributed by atoms with E-state index in [9.17, 15) is 4.79 Å². The van der Waals surface area contributed by atoms with Gasteiger partial charge in [0.25, 0.3) is 0 Å². The van der Waals surface area contributed by atoms with Crippen LogP contribution in [0.2, 0.25) is 0 Å². The number of fused-ring (bicyclic) bond motifs is 1. The van der Waals surface area contributed by atoms with E-state index < -0.39 is 0 Å². The summed E-state index contributed by atoms with van der Waals surface area (Å²) < 4.78 is 7.14. The SMILES string of the molecule is CCN(Cc1cnc2ccccn12)C(=O)Cc1c(C)noc1C. The standard InChI is InChI=1S/C17H20N4O2/c1-4-20(17(22)9-15-12(2)19-23-13(15)3)11-14-10-18-16-7-5-6-8-21(14)16/h5-8,10H,4,9,11H2,1-3H3. The molecule has 0 aromatic carbocycles. The number of nitrogens with zero attached hydrogens (tertiary/aromatic N) is 4. The maximum Gasteiger partial charge on any atom is 0.227 e. The number of hydrogen-bond acceptors (Lipinski definition) is 4. The summed E-state index contributed by atoms with van der Waals surface area (Å²) in [6, 6.07) is 5.86. The molecule has 0 aliphatic rings. The van der Waals surface area contributed by atoms with Gasteiger partial charge in [-0.25, -0.2) is 4.98 Å². The highest BCUT2D eigenvalue weighted by molar-refractivity contribution is 5.79. The van der Waals surface area contributed by atoms with E-state index in [0.717, 1.165) is 22.6 Å². The van der Waals surface area contributed by atoms with E-state index in [2.05, 4.69) is 10.1 Å². The summed E-state index contributed by atoms with van der Waals surface area (Å²) in [5.41, 5.74) is 3.54. The highest BCUT2D eigenvalue weighted by atomic mass is 16.5. The van der Waals surface area contributed by atoms with Gasteiger partial charge in [-0.3, -0.25) is 4.79 Å². The zero-order valence-electron chi connectivity index (χ0n) is 13.6. The quantitative estimate of drug-likeness (QED) is 0.726. The molecule has 0 saturated carbocycles. The van der Waals surface area contributed by atoms with Crippen molar-refractivity contribution in [1.29, 1.82) is 0 Å². The average molecular weight is 312 g/mol. The van der Waals surface area contributed by atoms with Crippen LogP contribution in [0.4, 0.5) is 0 Å². The minimum Gasteiger partial charge on any atom is -0.361 e. The molecule has 0 N–H and O–H groups in total. The molecular formula is C17H20N4O2. The Kier molecular flexibility index (Phi) is 4.14. The Balaban J connectivity index is 1.78. The van der Waals surface area contributed by atoms with Gasteiger partial charge in [-0.2, -0.15) is 0 Å². The summed E-state index contributed by atoms with van der Waals surface area (Å²) in [5, 5.41) is 3.91. The number of pyridine rings is 1. The van der Waals surface area contributed by atoms with Crippen LogP contribution >= 0.6 is 0 Å². The molecule has 0 saturated heterocycles. The zero-order chi connectivity index (χ0) is 16.4. The number of rotatable bonds is 5. The third-order valence-electron chi connectivity index (χ3n) is 4.09. The van der Waals surface area contributed by atoms with Crippen LogP contribution in [0, 0.1) is 13.8 Å². The zero-order valence-corrected chi connectivity index (χ0v) is 13.6. The van der Waals surface area contributed by atoms with E-state index in [0.29, 0.717) is 25.3 Å². The van der Waals surface area contributed by atoms with Crippen LogP contribution in [0.1, 0.15) is 29.6 Å². The van der Waals surface area contributed by atoms with Crippen molar-refractivity contribution in [3.05, 3.63) is 53.3 Å². The maximum atomic E-state index is 12.6. The number of hydrogen-bond donors (Lipinski definition) is 0. The molecule has 0 aliphatic carbocycles. The predicted octanol–water partition coefficient (Wildman–Crippen LogP) is 2.53. The first-order chi connectivity index (χ1) is 11.1. The van der Waals surface area contributed by atoms with Gasteiger partial charge in [0.15, 0.2) is 0 Å². The first-order valence-corrected chi connectivity index (χ1v) is 7.70. The lowest BCUT2D eigenvalue weighted by atomic mass is 10.1. The maximum absolute atomic E-state index is 12.6. The van der Waals surface area contributed by atoms with Gasteiger partial charge in [0.05, 0.1) is 30.6 Å². The highest BCUT2D eigenvalue weighted by Gasteiger charge is 2.19. The molecular weight excluding hydrogens is 292 g/mol. The summed E-state index contributed by atoms with van der Waals surface area (Å²) in [6.07, 6.45) is 4.09. The van der Waals surface area contributed by atoms with Gasteiger partial charge < -0.3 is 13.8 Å². The van der Waals surface area contributed by atoms with Crippen molar-refractivity contribution < 1.29 is 9.32 Å². The van der Waals surface area contributed by atoms with Crippen LogP contribution in [0.15, 0.2) is 35.1 Å². The molecule has 3 heterocycles. The first kappa shape index (κ1) is 15.3. The van der Waals surface area contributed by atoms with Crippen molar-refractivity contribution in [3.63, 3.8) is 0 Å². The molecule has 0 fully saturated rings. The van der Waals surface area contributed by atoms with Gasteiger partial charge >= 0.3 is 0 Å². The van der Waals surface area contributed by atoms with Crippen LogP contribution < -0.4 is 0 Å². The van der Waals surface area contributed by atoms with Gasteiger partial charge in [-0.05, 0) is 32.9 Å². The second-order valence-electron chi connectivity index (χ2n) is 5.57. The number of likely N-dealkylation sites (N-methyl/N-ethyl adjacent to an activating group) is 1. The van der Waals surface area contributed by atoms with Crippen LogP contribution in [0.3, 0.4) is 0 Å². The molecule has 0 unspecified atom stereocenters. The minimum atomic E-state index is 0.0628. The van der Waals surface area contributed by atoms with Gasteiger partial charge in [0, 0.05) is 18.3 Å². The minimum absolute atomic E-state index is 0.0628. The number of aryl methyl sites for hydroxylation is 2. The van der Waals surface area contributed by atoms with Crippen molar-refractivity contribution in [2.24, 2.45) is 0 Å². The van der Waals surface area contributed by atoms with E-state index in [4.69, 9.17) is 4.52 Å². The second kappa shape index (κ2) is 6.24. The Labute approximate surface area is 134 Å². The lowest BCUT2D eigenvalue weighted by Gasteiger charge is -2.20. The van der Waals surface area contributed by atoms with Crippen LogP contribution in [0.25, 0.3) is 5.65 Å². The normalized spacial score (nSPS) is 11.1. The van der Waals surface area contributed by atoms with Crippen LogP contribution in [-0.4, -0.2) is 31.9 Å². The Morgan fingerprint density at radius 2 is 2.17 bits per heavy atom. The molecule has 120 valence electrons. The summed E-state index contributed by atoms with van der Waals surface area (Å²) >= 11 is 0. The fraction of sp³-hybridized carbons (Fsp3) is 0.353. The molecule has 3 aromatic rings. The molecule has 6 heteroatoms. The fourth-order valence-electron chi connectivity index (χ4n) is 2.69. The first-order valence-electron chi connectivity index (χ1n) is 7.70. The molecule has 0 bridgehead atoms. The summed E-state index contributed by atoms with van der Waals surface area (Å²) in [6.45, 7) is 6.85. The van der Waals surface area contributed by atoms with E-state index >= 15 is 0 Å². The number of carbonyl (C=O) groups excluding carboxylic acids is 1. The lowest BCUT2D eigenvalue weighted by Crippen LogP contribution is -2.32. The molecule has 0 aliphatic heterocycles. The third kappa shape index (κ3) is 2.97. The molecule has 6 nitrogen and oxygen atoms in total. The van der Waals surface area contributed by atoms with Gasteiger partial charge in [0.1, 0.15) is 11.4 Å². The van der Waals surface area contributed by atoms with Gasteiger partial charge in [-0.15, -0.1) is 0 Å². The molecule has 3 rings (SSSR count). The smallest absolute Gasteiger partial charge is 0.227 e. The summed E-state index contributed by atoms with van der Waals surface area (Å²) in [5.74, 6) is 0.773. The highest BCUT2D eigenvalue weighted by Crippen LogP contribution is 2.15. The summed E-state index contributed by atoms with van der Waals surface area (Å²) in [7, 11) is 0. The lowest BCUT2D eigenvalue weighted by molar-refractivity contribution is -0.131. The van der Waals surface area contributed by atoms with Gasteiger partial charge in [-0.1, -0.05) is 11.2 Å². The average Bonchev–Trinajstić information content (AvgIpc) is 3.10. The molecule has 3 aromatic heterocycles. The van der Waals surface area contributed by atoms with Crippen molar-refractivity contribution in [1.82, 2.24) is 19.4 Å². The number of aromatic nitrogens is 3. The fourth-order valence-corrected chi connectivity index (χ4v) is 2.69. The predicted molar refractivity (Wildman–Crippen MR) is 86.0 cm³/mol. The number of imidazole rings is 1. The second-order valence-corrected chi connectivity index (χ2v) is 5.57. The van der Waals surface area contributed by atoms with E-state index in [1.807, 2.05) is 60.7 Å². The number of amides is 1. The number of carbonyl (C=O) groups is 1. The monoisotopic (exact) mass is 312 g/mol. The Morgan fingerprint density at radius 3 is 2.87 bits per heavy atom. The molecule has 23 heavy (non-hydrogen) atoms. The largest absolute Gasteiger partial charge is 0.361 e. The van der Waals surface area contributed by atoms with E-state index in [-0.39, 0.29) is 5.91 Å². The van der Waals surface area contributed by atoms with Crippen molar-refractivity contribution >= 4 is 11.6 Å². The summed E-state index contributed by atoms with van der Waals surface area (Å²) in [4.78, 5) is 18.8. The molecule has 0 spiro atoms. The molecule has 0 radical (unpaired) electrons. The van der Waals surface area contributed by atoms with Crippen molar-refractivity contribution in [2.45, 2.75) is 33.7 Å². The third-order valence-corrected chi connectivity index (χ3v) is 4.09. The molecule has 1 amide bonds. The Morgan fingerprint density at radius 1 is 1.35 bits per heavy atom. The Bertz CT molecular complexity index is 815. The topological polar surface area (TPSA) is 63.6 Å². The van der Waals surface area contributed by atoms with Crippen LogP contribution in [0.5, 0.6) is 0 Å². The molecule has 0 atom stereocenters.